The summed E-state index contributed by atoms with van der Waals surface area (Å²) in [5.74, 6) is 1.73. The van der Waals surface area contributed by atoms with Crippen LogP contribution >= 0.6 is 0 Å². The summed E-state index contributed by atoms with van der Waals surface area (Å²) in [5.41, 5.74) is 8.79. The maximum absolute atomic E-state index is 6.62. The Morgan fingerprint density at radius 2 is 1.88 bits per heavy atom. The van der Waals surface area contributed by atoms with Crippen LogP contribution in [0.15, 0.2) is 12.1 Å². The highest BCUT2D eigenvalue weighted by atomic mass is 16.7. The van der Waals surface area contributed by atoms with E-state index in [1.54, 1.807) is 0 Å². The second-order valence-electron chi connectivity index (χ2n) is 5.21. The van der Waals surface area contributed by atoms with Crippen molar-refractivity contribution in [2.45, 2.75) is 44.6 Å². The average Bonchev–Trinajstić information content (AvgIpc) is 2.77. The van der Waals surface area contributed by atoms with Crippen LogP contribution in [0.25, 0.3) is 0 Å². The van der Waals surface area contributed by atoms with Crippen LogP contribution in [0.3, 0.4) is 0 Å². The van der Waals surface area contributed by atoms with E-state index in [9.17, 15) is 0 Å². The molecule has 1 aromatic rings. The zero-order valence-electron chi connectivity index (χ0n) is 10.3. The molecule has 2 N–H and O–H groups in total. The van der Waals surface area contributed by atoms with Crippen LogP contribution in [0.4, 0.5) is 0 Å². The van der Waals surface area contributed by atoms with Crippen molar-refractivity contribution in [1.82, 2.24) is 0 Å². The molecule has 1 aromatic carbocycles. The van der Waals surface area contributed by atoms with Crippen LogP contribution in [0.5, 0.6) is 11.5 Å². The first-order valence-corrected chi connectivity index (χ1v) is 6.39. The van der Waals surface area contributed by atoms with Crippen molar-refractivity contribution in [1.29, 1.82) is 0 Å². The Labute approximate surface area is 102 Å². The second-order valence-corrected chi connectivity index (χ2v) is 5.21. The molecule has 3 heteroatoms. The normalized spacial score (nSPS) is 21.5. The summed E-state index contributed by atoms with van der Waals surface area (Å²) in [4.78, 5) is 0. The first kappa shape index (κ1) is 10.9. The predicted molar refractivity (Wildman–Crippen MR) is 66.3 cm³/mol. The molecule has 0 spiro atoms. The van der Waals surface area contributed by atoms with E-state index >= 15 is 0 Å². The average molecular weight is 233 g/mol. The standard InChI is InChI=1S/C14H19NO2/c1-10-5-6-11-13(17-9-16-11)12(10)14(15)7-3-2-4-8-14/h5-6H,2-4,7-9,15H2,1H3. The molecule has 3 nitrogen and oxygen atoms in total. The van der Waals surface area contributed by atoms with E-state index in [0.29, 0.717) is 6.79 Å². The number of fused-ring (bicyclic) bond motifs is 1. The van der Waals surface area contributed by atoms with Crippen molar-refractivity contribution in [2.24, 2.45) is 5.73 Å². The Balaban J connectivity index is 2.10. The molecule has 0 saturated heterocycles. The molecule has 0 amide bonds. The van der Waals surface area contributed by atoms with Crippen molar-refractivity contribution in [3.63, 3.8) is 0 Å². The molecule has 1 aliphatic heterocycles. The molecule has 1 fully saturated rings. The van der Waals surface area contributed by atoms with E-state index in [1.807, 2.05) is 6.07 Å². The quantitative estimate of drug-likeness (QED) is 0.811. The lowest BCUT2D eigenvalue weighted by molar-refractivity contribution is 0.170. The number of aryl methyl sites for hydroxylation is 1. The van der Waals surface area contributed by atoms with Gasteiger partial charge in [0.15, 0.2) is 11.5 Å². The van der Waals surface area contributed by atoms with E-state index in [0.717, 1.165) is 24.3 Å². The molecule has 92 valence electrons. The van der Waals surface area contributed by atoms with Gasteiger partial charge in [-0.3, -0.25) is 0 Å². The molecule has 1 heterocycles. The molecule has 0 aromatic heterocycles. The van der Waals surface area contributed by atoms with Gasteiger partial charge in [-0.25, -0.2) is 0 Å². The zero-order chi connectivity index (χ0) is 11.9. The lowest BCUT2D eigenvalue weighted by Gasteiger charge is -2.35. The van der Waals surface area contributed by atoms with Gasteiger partial charge in [-0.1, -0.05) is 25.3 Å². The van der Waals surface area contributed by atoms with Gasteiger partial charge in [-0.2, -0.15) is 0 Å². The highest BCUT2D eigenvalue weighted by Crippen LogP contribution is 2.46. The maximum atomic E-state index is 6.62. The Bertz CT molecular complexity index is 436. The third-order valence-corrected chi connectivity index (χ3v) is 3.99. The van der Waals surface area contributed by atoms with Gasteiger partial charge in [0.05, 0.1) is 0 Å². The summed E-state index contributed by atoms with van der Waals surface area (Å²) in [6.45, 7) is 2.43. The minimum absolute atomic E-state index is 0.221. The molecule has 0 radical (unpaired) electrons. The molecule has 0 unspecified atom stereocenters. The van der Waals surface area contributed by atoms with Gasteiger partial charge >= 0.3 is 0 Å². The number of rotatable bonds is 1. The van der Waals surface area contributed by atoms with E-state index in [4.69, 9.17) is 15.2 Å². The first-order chi connectivity index (χ1) is 8.21. The topological polar surface area (TPSA) is 44.5 Å². The van der Waals surface area contributed by atoms with Gasteiger partial charge < -0.3 is 15.2 Å². The fourth-order valence-corrected chi connectivity index (χ4v) is 3.12. The number of ether oxygens (including phenoxy) is 2. The minimum Gasteiger partial charge on any atom is -0.454 e. The Hall–Kier alpha value is -1.22. The van der Waals surface area contributed by atoms with Gasteiger partial charge in [-0.15, -0.1) is 0 Å². The van der Waals surface area contributed by atoms with E-state index in [2.05, 4.69) is 13.0 Å². The molecule has 1 aliphatic carbocycles. The summed E-state index contributed by atoms with van der Waals surface area (Å²) in [6, 6.07) is 4.07. The van der Waals surface area contributed by atoms with E-state index < -0.39 is 0 Å². The molecule has 17 heavy (non-hydrogen) atoms. The molecule has 2 aliphatic rings. The van der Waals surface area contributed by atoms with Crippen molar-refractivity contribution in [3.8, 4) is 11.5 Å². The van der Waals surface area contributed by atoms with Gasteiger partial charge in [0, 0.05) is 11.1 Å². The van der Waals surface area contributed by atoms with Crippen LogP contribution in [-0.2, 0) is 5.54 Å². The third-order valence-electron chi connectivity index (χ3n) is 3.99. The maximum Gasteiger partial charge on any atom is 0.231 e. The number of hydrogen-bond donors (Lipinski definition) is 1. The zero-order valence-corrected chi connectivity index (χ0v) is 10.3. The highest BCUT2D eigenvalue weighted by molar-refractivity contribution is 5.55. The lowest BCUT2D eigenvalue weighted by atomic mass is 9.75. The molecule has 1 saturated carbocycles. The molecule has 3 rings (SSSR count). The summed E-state index contributed by atoms with van der Waals surface area (Å²) >= 11 is 0. The predicted octanol–water partition coefficient (Wildman–Crippen LogP) is 2.84. The van der Waals surface area contributed by atoms with Crippen molar-refractivity contribution in [2.75, 3.05) is 6.79 Å². The summed E-state index contributed by atoms with van der Waals surface area (Å²) in [5, 5.41) is 0. The number of benzene rings is 1. The van der Waals surface area contributed by atoms with Crippen LogP contribution in [0.2, 0.25) is 0 Å². The third kappa shape index (κ3) is 1.69. The van der Waals surface area contributed by atoms with E-state index in [-0.39, 0.29) is 5.54 Å². The van der Waals surface area contributed by atoms with Gasteiger partial charge in [0.1, 0.15) is 0 Å². The summed E-state index contributed by atoms with van der Waals surface area (Å²) in [7, 11) is 0. The smallest absolute Gasteiger partial charge is 0.231 e. The van der Waals surface area contributed by atoms with Gasteiger partial charge in [-0.05, 0) is 31.4 Å². The van der Waals surface area contributed by atoms with Crippen molar-refractivity contribution in [3.05, 3.63) is 23.3 Å². The van der Waals surface area contributed by atoms with Crippen molar-refractivity contribution < 1.29 is 9.47 Å². The Kier molecular flexibility index (Phi) is 2.51. The monoisotopic (exact) mass is 233 g/mol. The van der Waals surface area contributed by atoms with Crippen LogP contribution in [0.1, 0.15) is 43.2 Å². The fourth-order valence-electron chi connectivity index (χ4n) is 3.12. The molecule has 0 atom stereocenters. The molecular weight excluding hydrogens is 214 g/mol. The number of nitrogens with two attached hydrogens (primary N) is 1. The fraction of sp³-hybridized carbons (Fsp3) is 0.571. The summed E-state index contributed by atoms with van der Waals surface area (Å²) in [6.07, 6.45) is 5.81. The van der Waals surface area contributed by atoms with Crippen molar-refractivity contribution >= 4 is 0 Å². The Morgan fingerprint density at radius 3 is 2.65 bits per heavy atom. The molecular formula is C14H19NO2. The van der Waals surface area contributed by atoms with Gasteiger partial charge in [0.25, 0.3) is 0 Å². The van der Waals surface area contributed by atoms with Crippen LogP contribution in [0, 0.1) is 6.92 Å². The van der Waals surface area contributed by atoms with Crippen LogP contribution in [-0.4, -0.2) is 6.79 Å². The first-order valence-electron chi connectivity index (χ1n) is 6.39. The largest absolute Gasteiger partial charge is 0.454 e. The number of hydrogen-bond acceptors (Lipinski definition) is 3. The van der Waals surface area contributed by atoms with E-state index in [1.165, 1.54) is 30.4 Å². The Morgan fingerprint density at radius 1 is 1.12 bits per heavy atom. The lowest BCUT2D eigenvalue weighted by Crippen LogP contribution is -2.39. The SMILES string of the molecule is Cc1ccc2c(c1C1(N)CCCCC1)OCO2. The minimum atomic E-state index is -0.221. The summed E-state index contributed by atoms with van der Waals surface area (Å²) < 4.78 is 11.1. The van der Waals surface area contributed by atoms with Crippen LogP contribution < -0.4 is 15.2 Å². The second kappa shape index (κ2) is 3.91. The van der Waals surface area contributed by atoms with Gasteiger partial charge in [0.2, 0.25) is 6.79 Å². The highest BCUT2D eigenvalue weighted by Gasteiger charge is 2.36. The molecule has 0 bridgehead atoms.